The molecule has 24 heavy (non-hydrogen) atoms. The first-order valence-electron chi connectivity index (χ1n) is 8.67. The minimum absolute atomic E-state index is 0.0103. The van der Waals surface area contributed by atoms with Gasteiger partial charge in [-0.2, -0.15) is 0 Å². The number of piperidine rings is 1. The van der Waals surface area contributed by atoms with Crippen LogP contribution in [0.4, 0.5) is 0 Å². The van der Waals surface area contributed by atoms with Crippen molar-refractivity contribution >= 4 is 5.97 Å². The van der Waals surface area contributed by atoms with Gasteiger partial charge in [0.1, 0.15) is 12.5 Å². The second kappa shape index (κ2) is 7.18. The molecule has 3 nitrogen and oxygen atoms in total. The van der Waals surface area contributed by atoms with Crippen LogP contribution in [0.15, 0.2) is 60.7 Å². The third-order valence-electron chi connectivity index (χ3n) is 4.77. The summed E-state index contributed by atoms with van der Waals surface area (Å²) in [6.45, 7) is 2.04. The van der Waals surface area contributed by atoms with Crippen LogP contribution in [-0.4, -0.2) is 43.7 Å². The predicted molar refractivity (Wildman–Crippen MR) is 95.7 cm³/mol. The van der Waals surface area contributed by atoms with E-state index >= 15 is 0 Å². The molecule has 1 aliphatic heterocycles. The monoisotopic (exact) mass is 324 g/mol. The fraction of sp³-hybridized carbons (Fsp3) is 0.381. The molecular formula is C21H26NO2+. The lowest BCUT2D eigenvalue weighted by Gasteiger charge is -2.37. The number of hydrogen-bond donors (Lipinski definition) is 0. The summed E-state index contributed by atoms with van der Waals surface area (Å²) in [5.74, 6) is -0.496. The Morgan fingerprint density at radius 1 is 1.00 bits per heavy atom. The van der Waals surface area contributed by atoms with Gasteiger partial charge in [0.15, 0.2) is 6.10 Å². The SMILES string of the molecule is C[N+]1(C)CCCC(OC(=O)C(c2ccccc2)c2ccccc2)C1. The normalized spacial score (nSPS) is 19.9. The number of likely N-dealkylation sites (tertiary alicyclic amines) is 1. The average molecular weight is 324 g/mol. The van der Waals surface area contributed by atoms with E-state index in [0.29, 0.717) is 0 Å². The number of benzene rings is 2. The quantitative estimate of drug-likeness (QED) is 0.634. The topological polar surface area (TPSA) is 26.3 Å². The van der Waals surface area contributed by atoms with E-state index in [2.05, 4.69) is 14.1 Å². The van der Waals surface area contributed by atoms with Crippen LogP contribution in [0.5, 0.6) is 0 Å². The number of quaternary nitrogens is 1. The summed E-state index contributed by atoms with van der Waals surface area (Å²) in [4.78, 5) is 13.0. The van der Waals surface area contributed by atoms with Gasteiger partial charge in [-0.15, -0.1) is 0 Å². The Balaban J connectivity index is 1.82. The van der Waals surface area contributed by atoms with Crippen molar-refractivity contribution in [3.8, 4) is 0 Å². The highest BCUT2D eigenvalue weighted by Gasteiger charge is 2.33. The minimum Gasteiger partial charge on any atom is -0.456 e. The van der Waals surface area contributed by atoms with Gasteiger partial charge in [-0.3, -0.25) is 4.79 Å². The van der Waals surface area contributed by atoms with E-state index in [9.17, 15) is 4.79 Å². The molecule has 0 aliphatic carbocycles. The van der Waals surface area contributed by atoms with E-state index in [1.807, 2.05) is 60.7 Å². The van der Waals surface area contributed by atoms with Crippen LogP contribution in [0, 0.1) is 0 Å². The average Bonchev–Trinajstić information content (AvgIpc) is 2.56. The molecular weight excluding hydrogens is 298 g/mol. The zero-order valence-corrected chi connectivity index (χ0v) is 14.5. The van der Waals surface area contributed by atoms with Crippen molar-refractivity contribution in [2.75, 3.05) is 27.2 Å². The molecule has 0 spiro atoms. The summed E-state index contributed by atoms with van der Waals surface area (Å²) in [5, 5.41) is 0. The highest BCUT2D eigenvalue weighted by molar-refractivity contribution is 5.82. The zero-order chi connectivity index (χ0) is 17.0. The molecule has 1 heterocycles. The maximum atomic E-state index is 13.0. The Bertz CT molecular complexity index is 627. The molecule has 3 heteroatoms. The van der Waals surface area contributed by atoms with Crippen LogP contribution in [0.2, 0.25) is 0 Å². The van der Waals surface area contributed by atoms with Gasteiger partial charge < -0.3 is 9.22 Å². The standard InChI is InChI=1S/C21H26NO2/c1-22(2)15-9-14-19(16-22)24-21(23)20(17-10-5-3-6-11-17)18-12-7-4-8-13-18/h3-8,10-13,19-20H,9,14-16H2,1-2H3/q+1. The van der Waals surface area contributed by atoms with Crippen LogP contribution in [0.3, 0.4) is 0 Å². The van der Waals surface area contributed by atoms with Crippen molar-refractivity contribution in [1.82, 2.24) is 0 Å². The summed E-state index contributed by atoms with van der Waals surface area (Å²) >= 11 is 0. The third-order valence-corrected chi connectivity index (χ3v) is 4.77. The van der Waals surface area contributed by atoms with Crippen LogP contribution >= 0.6 is 0 Å². The molecule has 0 radical (unpaired) electrons. The van der Waals surface area contributed by atoms with E-state index in [0.717, 1.165) is 41.5 Å². The van der Waals surface area contributed by atoms with Gasteiger partial charge in [0.25, 0.3) is 0 Å². The van der Waals surface area contributed by atoms with E-state index in [1.165, 1.54) is 0 Å². The number of likely N-dealkylation sites (N-methyl/N-ethyl adjacent to an activating group) is 1. The molecule has 1 aliphatic rings. The molecule has 0 bridgehead atoms. The van der Waals surface area contributed by atoms with Crippen molar-refractivity contribution in [2.24, 2.45) is 0 Å². The number of carbonyl (C=O) groups is 1. The summed E-state index contributed by atoms with van der Waals surface area (Å²) < 4.78 is 6.86. The Kier molecular flexibility index (Phi) is 5.00. The summed E-state index contributed by atoms with van der Waals surface area (Å²) in [5.41, 5.74) is 1.97. The molecule has 1 unspecified atom stereocenters. The molecule has 2 aromatic carbocycles. The fourth-order valence-corrected chi connectivity index (χ4v) is 3.56. The van der Waals surface area contributed by atoms with Crippen LogP contribution in [0.25, 0.3) is 0 Å². The minimum atomic E-state index is -0.357. The van der Waals surface area contributed by atoms with Gasteiger partial charge in [-0.05, 0) is 17.5 Å². The van der Waals surface area contributed by atoms with Crippen LogP contribution in [0.1, 0.15) is 29.9 Å². The second-order valence-corrected chi connectivity index (χ2v) is 7.30. The van der Waals surface area contributed by atoms with Crippen LogP contribution < -0.4 is 0 Å². The Hall–Kier alpha value is -2.13. The molecule has 2 aromatic rings. The second-order valence-electron chi connectivity index (χ2n) is 7.30. The van der Waals surface area contributed by atoms with E-state index in [-0.39, 0.29) is 18.0 Å². The Labute approximate surface area is 144 Å². The predicted octanol–water partition coefficient (Wildman–Crippen LogP) is 3.60. The first-order chi connectivity index (χ1) is 11.6. The maximum Gasteiger partial charge on any atom is 0.318 e. The van der Waals surface area contributed by atoms with Gasteiger partial charge in [-0.1, -0.05) is 60.7 Å². The molecule has 0 N–H and O–H groups in total. The van der Waals surface area contributed by atoms with E-state index in [1.54, 1.807) is 0 Å². The van der Waals surface area contributed by atoms with Crippen molar-refractivity contribution in [3.05, 3.63) is 71.8 Å². The molecule has 3 rings (SSSR count). The number of esters is 1. The number of carbonyl (C=O) groups excluding carboxylic acids is 1. The lowest BCUT2D eigenvalue weighted by atomic mass is 9.91. The number of rotatable bonds is 4. The van der Waals surface area contributed by atoms with Crippen molar-refractivity contribution in [2.45, 2.75) is 24.9 Å². The van der Waals surface area contributed by atoms with E-state index in [4.69, 9.17) is 4.74 Å². The van der Waals surface area contributed by atoms with Crippen LogP contribution in [-0.2, 0) is 9.53 Å². The molecule has 1 fully saturated rings. The molecule has 1 atom stereocenters. The van der Waals surface area contributed by atoms with Gasteiger partial charge in [0.2, 0.25) is 0 Å². The lowest BCUT2D eigenvalue weighted by molar-refractivity contribution is -0.898. The first kappa shape index (κ1) is 16.7. The molecule has 0 saturated carbocycles. The number of nitrogens with zero attached hydrogens (tertiary/aromatic N) is 1. The largest absolute Gasteiger partial charge is 0.456 e. The van der Waals surface area contributed by atoms with Gasteiger partial charge in [0, 0.05) is 6.42 Å². The maximum absolute atomic E-state index is 13.0. The smallest absolute Gasteiger partial charge is 0.318 e. The van der Waals surface area contributed by atoms with Gasteiger partial charge in [-0.25, -0.2) is 0 Å². The molecule has 0 aromatic heterocycles. The zero-order valence-electron chi connectivity index (χ0n) is 14.5. The molecule has 126 valence electrons. The highest BCUT2D eigenvalue weighted by atomic mass is 16.5. The number of ether oxygens (including phenoxy) is 1. The highest BCUT2D eigenvalue weighted by Crippen LogP contribution is 2.28. The number of hydrogen-bond acceptors (Lipinski definition) is 2. The summed E-state index contributed by atoms with van der Waals surface area (Å²) in [7, 11) is 4.40. The van der Waals surface area contributed by atoms with E-state index < -0.39 is 0 Å². The summed E-state index contributed by atoms with van der Waals surface area (Å²) in [6.07, 6.45) is 2.08. The van der Waals surface area contributed by atoms with Crippen molar-refractivity contribution in [1.29, 1.82) is 0 Å². The third kappa shape index (κ3) is 4.04. The van der Waals surface area contributed by atoms with Gasteiger partial charge in [0.05, 0.1) is 20.6 Å². The molecule has 0 amide bonds. The van der Waals surface area contributed by atoms with Crippen molar-refractivity contribution in [3.63, 3.8) is 0 Å². The molecule has 1 saturated heterocycles. The lowest BCUT2D eigenvalue weighted by Crippen LogP contribution is -2.51. The van der Waals surface area contributed by atoms with Crippen molar-refractivity contribution < 1.29 is 14.0 Å². The first-order valence-corrected chi connectivity index (χ1v) is 8.67. The Morgan fingerprint density at radius 2 is 1.54 bits per heavy atom. The van der Waals surface area contributed by atoms with Gasteiger partial charge >= 0.3 is 5.97 Å². The summed E-state index contributed by atoms with van der Waals surface area (Å²) in [6, 6.07) is 19.8. The fourth-order valence-electron chi connectivity index (χ4n) is 3.56. The Morgan fingerprint density at radius 3 is 2.04 bits per heavy atom.